The number of benzene rings is 2. The molecular formula is C21H25FN2O2. The topological polar surface area (TPSA) is 58.2 Å². The van der Waals surface area contributed by atoms with E-state index in [9.17, 15) is 14.0 Å². The van der Waals surface area contributed by atoms with Gasteiger partial charge in [0.25, 0.3) is 5.91 Å². The second kappa shape index (κ2) is 8.61. The van der Waals surface area contributed by atoms with Crippen LogP contribution in [0.25, 0.3) is 0 Å². The summed E-state index contributed by atoms with van der Waals surface area (Å²) in [5, 5.41) is 5.78. The minimum atomic E-state index is -0.287. The molecule has 0 aliphatic heterocycles. The van der Waals surface area contributed by atoms with Crippen LogP contribution in [-0.4, -0.2) is 17.4 Å². The number of rotatable bonds is 7. The van der Waals surface area contributed by atoms with E-state index < -0.39 is 0 Å². The number of hydrogen-bond acceptors (Lipinski definition) is 2. The molecule has 2 amide bonds. The first-order valence-corrected chi connectivity index (χ1v) is 8.76. The number of carbonyl (C=O) groups is 2. The van der Waals surface area contributed by atoms with Crippen molar-refractivity contribution < 1.29 is 14.0 Å². The predicted octanol–water partition coefficient (Wildman–Crippen LogP) is 4.32. The van der Waals surface area contributed by atoms with Gasteiger partial charge >= 0.3 is 0 Å². The number of hydrogen-bond donors (Lipinski definition) is 2. The van der Waals surface area contributed by atoms with E-state index in [1.54, 1.807) is 36.4 Å². The highest BCUT2D eigenvalue weighted by Crippen LogP contribution is 2.13. The van der Waals surface area contributed by atoms with Gasteiger partial charge in [-0.3, -0.25) is 9.59 Å². The van der Waals surface area contributed by atoms with Gasteiger partial charge in [-0.25, -0.2) is 4.39 Å². The second-order valence-electron chi connectivity index (χ2n) is 6.94. The summed E-state index contributed by atoms with van der Waals surface area (Å²) in [7, 11) is 0. The van der Waals surface area contributed by atoms with Crippen LogP contribution in [-0.2, 0) is 11.2 Å². The first kappa shape index (κ1) is 19.6. The zero-order valence-electron chi connectivity index (χ0n) is 15.4. The highest BCUT2D eigenvalue weighted by Gasteiger charge is 2.18. The van der Waals surface area contributed by atoms with E-state index in [1.165, 1.54) is 12.1 Å². The highest BCUT2D eigenvalue weighted by atomic mass is 19.1. The third-order valence-corrected chi connectivity index (χ3v) is 4.32. The largest absolute Gasteiger partial charge is 0.347 e. The number of halogens is 1. The Morgan fingerprint density at radius 1 is 1.00 bits per heavy atom. The Hall–Kier alpha value is -2.69. The van der Waals surface area contributed by atoms with Gasteiger partial charge in [0.2, 0.25) is 5.91 Å². The minimum Gasteiger partial charge on any atom is -0.347 e. The molecule has 2 aromatic rings. The van der Waals surface area contributed by atoms with Crippen LogP contribution >= 0.6 is 0 Å². The van der Waals surface area contributed by atoms with Gasteiger partial charge in [-0.1, -0.05) is 19.1 Å². The van der Waals surface area contributed by atoms with Crippen molar-refractivity contribution in [2.24, 2.45) is 0 Å². The molecule has 2 aromatic carbocycles. The van der Waals surface area contributed by atoms with Crippen LogP contribution in [0.1, 0.15) is 49.5 Å². The maximum Gasteiger partial charge on any atom is 0.251 e. The average Bonchev–Trinajstić information content (AvgIpc) is 2.61. The Balaban J connectivity index is 1.87. The molecule has 0 fully saturated rings. The first-order valence-electron chi connectivity index (χ1n) is 8.76. The summed E-state index contributed by atoms with van der Waals surface area (Å²) in [6, 6.07) is 12.9. The Kier molecular flexibility index (Phi) is 6.50. The second-order valence-corrected chi connectivity index (χ2v) is 6.94. The summed E-state index contributed by atoms with van der Waals surface area (Å²) >= 11 is 0. The van der Waals surface area contributed by atoms with Gasteiger partial charge in [-0.05, 0) is 68.7 Å². The predicted molar refractivity (Wildman–Crippen MR) is 102 cm³/mol. The smallest absolute Gasteiger partial charge is 0.251 e. The SMILES string of the molecule is CCC(C)(C)NC(=O)c1ccc(NC(=O)CCc2ccc(F)cc2)cc1. The Morgan fingerprint density at radius 2 is 1.62 bits per heavy atom. The standard InChI is InChI=1S/C21H25FN2O2/c1-4-21(2,3)24-20(26)16-8-12-18(13-9-16)23-19(25)14-7-15-5-10-17(22)11-6-15/h5-6,8-13H,4,7,14H2,1-3H3,(H,23,25)(H,24,26). The summed E-state index contributed by atoms with van der Waals surface area (Å²) in [4.78, 5) is 24.2. The monoisotopic (exact) mass is 356 g/mol. The molecule has 0 radical (unpaired) electrons. The lowest BCUT2D eigenvalue weighted by Crippen LogP contribution is -2.42. The maximum atomic E-state index is 12.9. The van der Waals surface area contributed by atoms with Crippen LogP contribution in [0.4, 0.5) is 10.1 Å². The number of carbonyl (C=O) groups excluding carboxylic acids is 2. The molecule has 2 N–H and O–H groups in total. The minimum absolute atomic E-state index is 0.126. The molecule has 0 aliphatic carbocycles. The summed E-state index contributed by atoms with van der Waals surface area (Å²) in [5.74, 6) is -0.547. The van der Waals surface area contributed by atoms with E-state index in [4.69, 9.17) is 0 Å². The fourth-order valence-electron chi connectivity index (χ4n) is 2.31. The molecule has 0 unspecified atom stereocenters. The lowest BCUT2D eigenvalue weighted by atomic mass is 10.0. The van der Waals surface area contributed by atoms with Gasteiger partial charge in [0.1, 0.15) is 5.82 Å². The van der Waals surface area contributed by atoms with Crippen molar-refractivity contribution in [3.8, 4) is 0 Å². The van der Waals surface area contributed by atoms with E-state index in [0.717, 1.165) is 12.0 Å². The molecule has 26 heavy (non-hydrogen) atoms. The quantitative estimate of drug-likeness (QED) is 0.776. The van der Waals surface area contributed by atoms with Crippen molar-refractivity contribution >= 4 is 17.5 Å². The molecule has 0 aromatic heterocycles. The number of anilines is 1. The first-order chi connectivity index (χ1) is 12.3. The van der Waals surface area contributed by atoms with Crippen molar-refractivity contribution in [3.05, 3.63) is 65.5 Å². The molecule has 138 valence electrons. The van der Waals surface area contributed by atoms with E-state index in [-0.39, 0.29) is 23.2 Å². The highest BCUT2D eigenvalue weighted by molar-refractivity contribution is 5.96. The zero-order valence-corrected chi connectivity index (χ0v) is 15.4. The number of amides is 2. The molecule has 2 rings (SSSR count). The Labute approximate surface area is 153 Å². The summed E-state index contributed by atoms with van der Waals surface area (Å²) in [5.41, 5.74) is 1.84. The third-order valence-electron chi connectivity index (χ3n) is 4.32. The van der Waals surface area contributed by atoms with Gasteiger partial charge in [0.15, 0.2) is 0 Å². The Morgan fingerprint density at radius 3 is 2.19 bits per heavy atom. The maximum absolute atomic E-state index is 12.9. The van der Waals surface area contributed by atoms with Crippen LogP contribution in [0.15, 0.2) is 48.5 Å². The lowest BCUT2D eigenvalue weighted by Gasteiger charge is -2.24. The fraction of sp³-hybridized carbons (Fsp3) is 0.333. The van der Waals surface area contributed by atoms with Crippen LogP contribution < -0.4 is 10.6 Å². The molecule has 0 bridgehead atoms. The summed E-state index contributed by atoms with van der Waals surface area (Å²) < 4.78 is 12.9. The third kappa shape index (κ3) is 5.99. The van der Waals surface area contributed by atoms with Crippen molar-refractivity contribution in [3.63, 3.8) is 0 Å². The molecule has 0 saturated heterocycles. The molecular weight excluding hydrogens is 331 g/mol. The molecule has 0 atom stereocenters. The van der Waals surface area contributed by atoms with Crippen LogP contribution in [0.2, 0.25) is 0 Å². The van der Waals surface area contributed by atoms with Gasteiger partial charge in [0, 0.05) is 23.2 Å². The number of nitrogens with one attached hydrogen (secondary N) is 2. The fourth-order valence-corrected chi connectivity index (χ4v) is 2.31. The normalized spacial score (nSPS) is 11.1. The van der Waals surface area contributed by atoms with Crippen molar-refractivity contribution in [1.29, 1.82) is 0 Å². The van der Waals surface area contributed by atoms with Crippen molar-refractivity contribution in [1.82, 2.24) is 5.32 Å². The van der Waals surface area contributed by atoms with Crippen molar-refractivity contribution in [2.45, 2.75) is 45.6 Å². The van der Waals surface area contributed by atoms with E-state index in [0.29, 0.717) is 24.1 Å². The average molecular weight is 356 g/mol. The van der Waals surface area contributed by atoms with E-state index >= 15 is 0 Å². The van der Waals surface area contributed by atoms with E-state index in [2.05, 4.69) is 10.6 Å². The van der Waals surface area contributed by atoms with Crippen LogP contribution in [0.3, 0.4) is 0 Å². The molecule has 0 heterocycles. The van der Waals surface area contributed by atoms with Crippen LogP contribution in [0.5, 0.6) is 0 Å². The van der Waals surface area contributed by atoms with Gasteiger partial charge in [0.05, 0.1) is 0 Å². The zero-order chi connectivity index (χ0) is 19.2. The van der Waals surface area contributed by atoms with E-state index in [1.807, 2.05) is 20.8 Å². The molecule has 0 spiro atoms. The van der Waals surface area contributed by atoms with Crippen molar-refractivity contribution in [2.75, 3.05) is 5.32 Å². The Bertz CT molecular complexity index is 753. The van der Waals surface area contributed by atoms with Gasteiger partial charge < -0.3 is 10.6 Å². The summed E-state index contributed by atoms with van der Waals surface area (Å²) in [6.45, 7) is 5.96. The molecule has 4 nitrogen and oxygen atoms in total. The molecule has 0 saturated carbocycles. The summed E-state index contributed by atoms with van der Waals surface area (Å²) in [6.07, 6.45) is 1.68. The van der Waals surface area contributed by atoms with Gasteiger partial charge in [-0.2, -0.15) is 0 Å². The van der Waals surface area contributed by atoms with Crippen LogP contribution in [0, 0.1) is 5.82 Å². The number of aryl methyl sites for hydroxylation is 1. The molecule has 5 heteroatoms. The van der Waals surface area contributed by atoms with Gasteiger partial charge in [-0.15, -0.1) is 0 Å². The lowest BCUT2D eigenvalue weighted by molar-refractivity contribution is -0.116. The molecule has 0 aliphatic rings.